The van der Waals surface area contributed by atoms with Crippen molar-refractivity contribution < 1.29 is 4.84 Å². The average Bonchev–Trinajstić information content (AvgIpc) is 1.89. The van der Waals surface area contributed by atoms with Gasteiger partial charge in [0, 0.05) is 6.42 Å². The maximum Gasteiger partial charge on any atom is 0.128 e. The summed E-state index contributed by atoms with van der Waals surface area (Å²) in [6, 6.07) is 0. The smallest absolute Gasteiger partial charge is 0.128 e. The third-order valence-corrected chi connectivity index (χ3v) is 0.625. The topological polar surface area (TPSA) is 21.6 Å². The van der Waals surface area contributed by atoms with Crippen molar-refractivity contribution in [2.24, 2.45) is 5.16 Å². The maximum atomic E-state index is 4.95. The Labute approximate surface area is 55.9 Å². The first-order valence-electron chi connectivity index (χ1n) is 2.90. The molecule has 2 heteroatoms. The van der Waals surface area contributed by atoms with Crippen molar-refractivity contribution in [1.82, 2.24) is 0 Å². The van der Waals surface area contributed by atoms with Gasteiger partial charge in [-0.05, 0) is 6.42 Å². The molecule has 9 heavy (non-hydrogen) atoms. The minimum atomic E-state index is 0.490. The van der Waals surface area contributed by atoms with E-state index in [1.54, 1.807) is 0 Å². The van der Waals surface area contributed by atoms with Crippen LogP contribution in [0.3, 0.4) is 0 Å². The first-order chi connectivity index (χ1) is 4.41. The third kappa shape index (κ3) is 7.03. The summed E-state index contributed by atoms with van der Waals surface area (Å²) < 4.78 is 0. The number of hydrogen-bond acceptors (Lipinski definition) is 2. The van der Waals surface area contributed by atoms with Crippen molar-refractivity contribution in [3.63, 3.8) is 0 Å². The van der Waals surface area contributed by atoms with E-state index in [2.05, 4.69) is 22.1 Å². The fourth-order valence-electron chi connectivity index (χ4n) is 0.260. The largest absolute Gasteiger partial charge is 0.395 e. The first-order valence-corrected chi connectivity index (χ1v) is 2.90. The number of terminal acetylenes is 1. The van der Waals surface area contributed by atoms with Gasteiger partial charge in [0.2, 0.25) is 0 Å². The van der Waals surface area contributed by atoms with Gasteiger partial charge in [0.25, 0.3) is 0 Å². The van der Waals surface area contributed by atoms with Gasteiger partial charge >= 0.3 is 0 Å². The average molecular weight is 124 g/mol. The Morgan fingerprint density at radius 1 is 1.67 bits per heavy atom. The van der Waals surface area contributed by atoms with Crippen LogP contribution in [0.1, 0.15) is 19.8 Å². The summed E-state index contributed by atoms with van der Waals surface area (Å²) in [4.78, 5) is 4.69. The normalized spacial score (nSPS) is 9.33. The highest BCUT2D eigenvalue weighted by Crippen LogP contribution is 1.79. The Bertz CT molecular complexity index is 113. The quantitative estimate of drug-likeness (QED) is 0.239. The van der Waals surface area contributed by atoms with Crippen LogP contribution in [0.4, 0.5) is 0 Å². The summed E-state index contributed by atoms with van der Waals surface area (Å²) in [5.74, 6) is 2.43. The second kappa shape index (κ2) is 7.03. The third-order valence-electron chi connectivity index (χ3n) is 0.625. The predicted molar refractivity (Wildman–Crippen MR) is 37.1 cm³/mol. The summed E-state index contributed by atoms with van der Waals surface area (Å²) in [7, 11) is 0. The van der Waals surface area contributed by atoms with Crippen LogP contribution in [-0.2, 0) is 4.84 Å². The SMILES string of the molecule is C#CCCO/N=[C]/CC. The molecule has 49 valence electrons. The van der Waals surface area contributed by atoms with E-state index in [9.17, 15) is 0 Å². The van der Waals surface area contributed by atoms with Crippen LogP contribution in [0.25, 0.3) is 0 Å². The number of rotatable bonds is 4. The second-order valence-corrected chi connectivity index (χ2v) is 1.39. The van der Waals surface area contributed by atoms with Gasteiger partial charge in [-0.1, -0.05) is 12.1 Å². The molecule has 0 rings (SSSR count). The Morgan fingerprint density at radius 2 is 2.44 bits per heavy atom. The van der Waals surface area contributed by atoms with Crippen LogP contribution >= 0.6 is 0 Å². The molecule has 0 aromatic carbocycles. The van der Waals surface area contributed by atoms with E-state index in [-0.39, 0.29) is 0 Å². The molecule has 0 spiro atoms. The predicted octanol–water partition coefficient (Wildman–Crippen LogP) is 1.30. The standard InChI is InChI=1S/C7H10NO/c1-3-5-7-9-8-6-4-2/h1H,4-5,7H2,2H3. The van der Waals surface area contributed by atoms with Gasteiger partial charge in [-0.3, -0.25) is 0 Å². The molecular formula is C7H10NO. The fourth-order valence-corrected chi connectivity index (χ4v) is 0.260. The van der Waals surface area contributed by atoms with Gasteiger partial charge in [0.1, 0.15) is 12.8 Å². The highest BCUT2D eigenvalue weighted by Gasteiger charge is 1.76. The van der Waals surface area contributed by atoms with E-state index in [1.807, 2.05) is 6.92 Å². The van der Waals surface area contributed by atoms with Gasteiger partial charge < -0.3 is 4.84 Å². The van der Waals surface area contributed by atoms with E-state index in [0.29, 0.717) is 13.0 Å². The molecule has 0 atom stereocenters. The minimum Gasteiger partial charge on any atom is -0.395 e. The minimum absolute atomic E-state index is 0.490. The molecule has 0 N–H and O–H groups in total. The van der Waals surface area contributed by atoms with Crippen molar-refractivity contribution >= 4 is 6.21 Å². The summed E-state index contributed by atoms with van der Waals surface area (Å²) in [6.07, 6.45) is 8.97. The monoisotopic (exact) mass is 124 g/mol. The second-order valence-electron chi connectivity index (χ2n) is 1.39. The van der Waals surface area contributed by atoms with Crippen molar-refractivity contribution in [2.75, 3.05) is 6.61 Å². The molecule has 0 heterocycles. The Hall–Kier alpha value is -0.970. The van der Waals surface area contributed by atoms with Crippen LogP contribution in [0.2, 0.25) is 0 Å². The lowest BCUT2D eigenvalue weighted by Gasteiger charge is -1.89. The zero-order valence-electron chi connectivity index (χ0n) is 5.55. The molecule has 2 nitrogen and oxygen atoms in total. The van der Waals surface area contributed by atoms with Crippen LogP contribution in [-0.4, -0.2) is 12.8 Å². The summed E-state index contributed by atoms with van der Waals surface area (Å²) in [5, 5.41) is 3.48. The Balaban J connectivity index is 2.92. The van der Waals surface area contributed by atoms with Crippen molar-refractivity contribution in [3.8, 4) is 12.3 Å². The highest BCUT2D eigenvalue weighted by molar-refractivity contribution is 5.55. The van der Waals surface area contributed by atoms with Crippen LogP contribution < -0.4 is 0 Å². The lowest BCUT2D eigenvalue weighted by atomic mass is 10.5. The van der Waals surface area contributed by atoms with Gasteiger partial charge in [0.05, 0.1) is 0 Å². The molecule has 0 saturated carbocycles. The molecule has 0 fully saturated rings. The van der Waals surface area contributed by atoms with E-state index in [1.165, 1.54) is 0 Å². The van der Waals surface area contributed by atoms with E-state index in [0.717, 1.165) is 6.42 Å². The van der Waals surface area contributed by atoms with E-state index < -0.39 is 0 Å². The fraction of sp³-hybridized carbons (Fsp3) is 0.571. The summed E-state index contributed by atoms with van der Waals surface area (Å²) in [6.45, 7) is 2.43. The zero-order chi connectivity index (χ0) is 6.95. The van der Waals surface area contributed by atoms with Crippen LogP contribution in [0.5, 0.6) is 0 Å². The summed E-state index contributed by atoms with van der Waals surface area (Å²) >= 11 is 0. The molecule has 0 aliphatic heterocycles. The molecule has 0 aliphatic rings. The Morgan fingerprint density at radius 3 is 3.00 bits per heavy atom. The van der Waals surface area contributed by atoms with Crippen molar-refractivity contribution in [2.45, 2.75) is 19.8 Å². The molecule has 0 saturated heterocycles. The van der Waals surface area contributed by atoms with Gasteiger partial charge in [-0.15, -0.1) is 12.3 Å². The highest BCUT2D eigenvalue weighted by atomic mass is 16.6. The number of hydrogen-bond donors (Lipinski definition) is 0. The first kappa shape index (κ1) is 8.03. The molecule has 0 aromatic heterocycles. The summed E-state index contributed by atoms with van der Waals surface area (Å²) in [5.41, 5.74) is 0. The molecule has 1 radical (unpaired) electrons. The number of nitrogens with zero attached hydrogens (tertiary/aromatic N) is 1. The molecule has 0 amide bonds. The maximum absolute atomic E-state index is 4.95. The van der Waals surface area contributed by atoms with Crippen molar-refractivity contribution in [3.05, 3.63) is 0 Å². The van der Waals surface area contributed by atoms with Crippen LogP contribution in [0, 0.1) is 12.3 Å². The molecule has 0 aliphatic carbocycles. The van der Waals surface area contributed by atoms with E-state index >= 15 is 0 Å². The lowest BCUT2D eigenvalue weighted by molar-refractivity contribution is 0.151. The van der Waals surface area contributed by atoms with Gasteiger partial charge in [-0.2, -0.15) is 0 Å². The van der Waals surface area contributed by atoms with Crippen LogP contribution in [0.15, 0.2) is 5.16 Å². The van der Waals surface area contributed by atoms with Gasteiger partial charge in [-0.25, -0.2) is 0 Å². The van der Waals surface area contributed by atoms with E-state index in [4.69, 9.17) is 6.42 Å². The molecule has 0 unspecified atom stereocenters. The molecule has 0 aromatic rings. The lowest BCUT2D eigenvalue weighted by Crippen LogP contribution is -1.84. The zero-order valence-corrected chi connectivity index (χ0v) is 5.55. The van der Waals surface area contributed by atoms with Gasteiger partial charge in [0.15, 0.2) is 0 Å². The van der Waals surface area contributed by atoms with Crippen molar-refractivity contribution in [1.29, 1.82) is 0 Å². The molecular weight excluding hydrogens is 114 g/mol. The Kier molecular flexibility index (Phi) is 6.27. The molecule has 0 bridgehead atoms.